The molecule has 1 aromatic carbocycles. The average Bonchev–Trinajstić information content (AvgIpc) is 2.90. The molecule has 0 N–H and O–H groups in total. The number of rotatable bonds is 6. The number of likely N-dealkylation sites (N-methyl/N-ethyl adjacent to an activating group) is 1. The van der Waals surface area contributed by atoms with Gasteiger partial charge in [-0.15, -0.1) is 10.2 Å². The Morgan fingerprint density at radius 3 is 2.50 bits per heavy atom. The molecule has 2 aromatic rings. The van der Waals surface area contributed by atoms with Crippen molar-refractivity contribution in [3.8, 4) is 5.75 Å². The Balaban J connectivity index is 2.05. The Bertz CT molecular complexity index is 610. The number of hydrogen-bond donors (Lipinski definition) is 0. The summed E-state index contributed by atoms with van der Waals surface area (Å²) in [5, 5.41) is 7.67. The standard InChI is InChI=1S/C16H21N3O3/c1-11(2)15(22-13-8-6-5-7-9-13)16(20)19(4)10-14-18-17-12(3)21-14/h5-9,11,15H,10H2,1-4H3/t15-/m1/s1. The number of para-hydroxylation sites is 1. The van der Waals surface area contributed by atoms with Gasteiger partial charge in [-0.25, -0.2) is 0 Å². The first kappa shape index (κ1) is 16.0. The molecule has 22 heavy (non-hydrogen) atoms. The van der Waals surface area contributed by atoms with Gasteiger partial charge in [0.25, 0.3) is 5.91 Å². The maximum Gasteiger partial charge on any atom is 0.264 e. The fourth-order valence-corrected chi connectivity index (χ4v) is 2.02. The van der Waals surface area contributed by atoms with E-state index in [0.717, 1.165) is 0 Å². The first-order valence-electron chi connectivity index (χ1n) is 7.23. The van der Waals surface area contributed by atoms with Crippen molar-refractivity contribution in [2.45, 2.75) is 33.4 Å². The van der Waals surface area contributed by atoms with Gasteiger partial charge in [0.05, 0.1) is 6.54 Å². The van der Waals surface area contributed by atoms with E-state index in [1.54, 1.807) is 18.9 Å². The molecule has 0 aliphatic heterocycles. The van der Waals surface area contributed by atoms with E-state index in [9.17, 15) is 4.79 Å². The van der Waals surface area contributed by atoms with Crippen LogP contribution in [-0.2, 0) is 11.3 Å². The summed E-state index contributed by atoms with van der Waals surface area (Å²) in [5.74, 6) is 1.50. The number of carbonyl (C=O) groups excluding carboxylic acids is 1. The van der Waals surface area contributed by atoms with Crippen LogP contribution in [0.15, 0.2) is 34.7 Å². The monoisotopic (exact) mass is 303 g/mol. The minimum atomic E-state index is -0.559. The van der Waals surface area contributed by atoms with Crippen molar-refractivity contribution < 1.29 is 13.9 Å². The second kappa shape index (κ2) is 7.06. The zero-order chi connectivity index (χ0) is 16.1. The molecule has 1 aromatic heterocycles. The zero-order valence-corrected chi connectivity index (χ0v) is 13.3. The molecule has 1 atom stereocenters. The summed E-state index contributed by atoms with van der Waals surface area (Å²) in [6.45, 7) is 5.89. The topological polar surface area (TPSA) is 68.5 Å². The van der Waals surface area contributed by atoms with Crippen LogP contribution in [0.3, 0.4) is 0 Å². The molecule has 0 fully saturated rings. The SMILES string of the molecule is Cc1nnc(CN(C)C(=O)[C@H](Oc2ccccc2)C(C)C)o1. The summed E-state index contributed by atoms with van der Waals surface area (Å²) < 4.78 is 11.1. The van der Waals surface area contributed by atoms with Crippen molar-refractivity contribution in [1.82, 2.24) is 15.1 Å². The average molecular weight is 303 g/mol. The highest BCUT2D eigenvalue weighted by atomic mass is 16.5. The summed E-state index contributed by atoms with van der Waals surface area (Å²) in [7, 11) is 1.70. The molecular weight excluding hydrogens is 282 g/mol. The van der Waals surface area contributed by atoms with Crippen LogP contribution in [0.4, 0.5) is 0 Å². The molecule has 1 amide bonds. The van der Waals surface area contributed by atoms with E-state index in [0.29, 0.717) is 17.5 Å². The van der Waals surface area contributed by atoms with Crippen LogP contribution >= 0.6 is 0 Å². The number of aryl methyl sites for hydroxylation is 1. The molecule has 0 spiro atoms. The first-order chi connectivity index (χ1) is 10.5. The maximum absolute atomic E-state index is 12.6. The van der Waals surface area contributed by atoms with Gasteiger partial charge in [-0.3, -0.25) is 4.79 Å². The molecule has 0 bridgehead atoms. The van der Waals surface area contributed by atoms with E-state index in [4.69, 9.17) is 9.15 Å². The Kier molecular flexibility index (Phi) is 5.14. The van der Waals surface area contributed by atoms with Crippen molar-refractivity contribution >= 4 is 5.91 Å². The summed E-state index contributed by atoms with van der Waals surface area (Å²) in [6.07, 6.45) is -0.559. The second-order valence-electron chi connectivity index (χ2n) is 5.50. The Morgan fingerprint density at radius 2 is 1.95 bits per heavy atom. The lowest BCUT2D eigenvalue weighted by atomic mass is 10.1. The molecule has 0 radical (unpaired) electrons. The number of carbonyl (C=O) groups is 1. The smallest absolute Gasteiger partial charge is 0.264 e. The molecule has 0 saturated carbocycles. The third kappa shape index (κ3) is 4.07. The number of nitrogens with zero attached hydrogens (tertiary/aromatic N) is 3. The van der Waals surface area contributed by atoms with E-state index in [1.165, 1.54) is 0 Å². The third-order valence-electron chi connectivity index (χ3n) is 3.17. The lowest BCUT2D eigenvalue weighted by Crippen LogP contribution is -2.42. The molecule has 6 nitrogen and oxygen atoms in total. The number of amides is 1. The van der Waals surface area contributed by atoms with Gasteiger partial charge < -0.3 is 14.1 Å². The second-order valence-corrected chi connectivity index (χ2v) is 5.50. The van der Waals surface area contributed by atoms with Crippen molar-refractivity contribution in [3.05, 3.63) is 42.1 Å². The van der Waals surface area contributed by atoms with Gasteiger partial charge in [-0.05, 0) is 18.1 Å². The molecule has 0 unspecified atom stereocenters. The highest BCUT2D eigenvalue weighted by Crippen LogP contribution is 2.17. The van der Waals surface area contributed by atoms with Crippen LogP contribution in [0.2, 0.25) is 0 Å². The normalized spacial score (nSPS) is 12.2. The molecule has 0 saturated heterocycles. The predicted octanol–water partition coefficient (Wildman–Crippen LogP) is 2.44. The third-order valence-corrected chi connectivity index (χ3v) is 3.17. The van der Waals surface area contributed by atoms with Crippen molar-refractivity contribution in [1.29, 1.82) is 0 Å². The quantitative estimate of drug-likeness (QED) is 0.820. The van der Waals surface area contributed by atoms with Crippen molar-refractivity contribution in [3.63, 3.8) is 0 Å². The zero-order valence-electron chi connectivity index (χ0n) is 13.3. The lowest BCUT2D eigenvalue weighted by Gasteiger charge is -2.26. The van der Waals surface area contributed by atoms with Crippen LogP contribution in [0.1, 0.15) is 25.6 Å². The van der Waals surface area contributed by atoms with Crippen LogP contribution in [0.5, 0.6) is 5.75 Å². The molecule has 2 rings (SSSR count). The summed E-state index contributed by atoms with van der Waals surface area (Å²) in [6, 6.07) is 9.33. The summed E-state index contributed by atoms with van der Waals surface area (Å²) >= 11 is 0. The molecular formula is C16H21N3O3. The number of ether oxygens (including phenoxy) is 1. The summed E-state index contributed by atoms with van der Waals surface area (Å²) in [5.41, 5.74) is 0. The van der Waals surface area contributed by atoms with E-state index >= 15 is 0 Å². The van der Waals surface area contributed by atoms with Gasteiger partial charge in [0.2, 0.25) is 11.8 Å². The van der Waals surface area contributed by atoms with Gasteiger partial charge >= 0.3 is 0 Å². The Hall–Kier alpha value is -2.37. The number of hydrogen-bond acceptors (Lipinski definition) is 5. The minimum absolute atomic E-state index is 0.0413. The van der Waals surface area contributed by atoms with Gasteiger partial charge in [0, 0.05) is 14.0 Å². The fourth-order valence-electron chi connectivity index (χ4n) is 2.02. The molecule has 1 heterocycles. The van der Waals surface area contributed by atoms with Crippen LogP contribution in [-0.4, -0.2) is 34.2 Å². The maximum atomic E-state index is 12.6. The van der Waals surface area contributed by atoms with Gasteiger partial charge in [0.1, 0.15) is 5.75 Å². The Labute approximate surface area is 130 Å². The van der Waals surface area contributed by atoms with E-state index in [1.807, 2.05) is 44.2 Å². The Morgan fingerprint density at radius 1 is 1.27 bits per heavy atom. The molecule has 0 aliphatic rings. The largest absolute Gasteiger partial charge is 0.480 e. The molecule has 6 heteroatoms. The number of benzene rings is 1. The van der Waals surface area contributed by atoms with E-state index < -0.39 is 6.10 Å². The highest BCUT2D eigenvalue weighted by Gasteiger charge is 2.28. The highest BCUT2D eigenvalue weighted by molar-refractivity contribution is 5.81. The van der Waals surface area contributed by atoms with E-state index in [-0.39, 0.29) is 18.4 Å². The van der Waals surface area contributed by atoms with Crippen molar-refractivity contribution in [2.24, 2.45) is 5.92 Å². The predicted molar refractivity (Wildman–Crippen MR) is 81.2 cm³/mol. The molecule has 118 valence electrons. The van der Waals surface area contributed by atoms with Gasteiger partial charge in [0.15, 0.2) is 6.10 Å². The fraction of sp³-hybridized carbons (Fsp3) is 0.438. The van der Waals surface area contributed by atoms with Crippen molar-refractivity contribution in [2.75, 3.05) is 7.05 Å². The summed E-state index contributed by atoms with van der Waals surface area (Å²) in [4.78, 5) is 14.2. The lowest BCUT2D eigenvalue weighted by molar-refractivity contribution is -0.140. The van der Waals surface area contributed by atoms with Gasteiger partial charge in [-0.2, -0.15) is 0 Å². The van der Waals surface area contributed by atoms with Crippen LogP contribution < -0.4 is 4.74 Å². The first-order valence-corrected chi connectivity index (χ1v) is 7.23. The minimum Gasteiger partial charge on any atom is -0.480 e. The van der Waals surface area contributed by atoms with Crippen LogP contribution in [0, 0.1) is 12.8 Å². The van der Waals surface area contributed by atoms with Gasteiger partial charge in [-0.1, -0.05) is 32.0 Å². The van der Waals surface area contributed by atoms with E-state index in [2.05, 4.69) is 10.2 Å². The van der Waals surface area contributed by atoms with Crippen LogP contribution in [0.25, 0.3) is 0 Å². The molecule has 0 aliphatic carbocycles. The number of aromatic nitrogens is 2.